The van der Waals surface area contributed by atoms with Crippen LogP contribution in [0.1, 0.15) is 0 Å². The molecule has 0 aromatic heterocycles. The topological polar surface area (TPSA) is 130 Å². The molecular formula is C2H4O8P2+2. The molecule has 0 aromatic carbocycles. The van der Waals surface area contributed by atoms with Crippen LogP contribution in [-0.2, 0) is 23.0 Å². The smallest absolute Gasteiger partial charge is 0.477 e. The highest BCUT2D eigenvalue weighted by molar-refractivity contribution is 7.33. The van der Waals surface area contributed by atoms with Crippen LogP contribution in [0.25, 0.3) is 0 Å². The Labute approximate surface area is 67.6 Å². The van der Waals surface area contributed by atoms with Gasteiger partial charge in [-0.15, -0.1) is 9.79 Å². The Kier molecular flexibility index (Phi) is 5.00. The lowest BCUT2D eigenvalue weighted by atomic mass is 10.7. The third-order valence-corrected chi connectivity index (χ3v) is 1.32. The highest BCUT2D eigenvalue weighted by Gasteiger charge is 2.38. The first-order valence-corrected chi connectivity index (χ1v) is 4.58. The molecule has 2 atom stereocenters. The lowest BCUT2D eigenvalue weighted by Crippen LogP contribution is -2.22. The van der Waals surface area contributed by atoms with E-state index in [0.717, 1.165) is 0 Å². The minimum Gasteiger partial charge on any atom is -0.477 e. The second kappa shape index (κ2) is 5.21. The molecule has 0 saturated heterocycles. The summed E-state index contributed by atoms with van der Waals surface area (Å²) in [4.78, 5) is 26.1. The van der Waals surface area contributed by atoms with Gasteiger partial charge in [0.15, 0.2) is 0 Å². The van der Waals surface area contributed by atoms with Crippen LogP contribution in [0.15, 0.2) is 0 Å². The summed E-state index contributed by atoms with van der Waals surface area (Å²) in [5.41, 5.74) is 0. The molecule has 2 unspecified atom stereocenters. The molecule has 0 aliphatic heterocycles. The van der Waals surface area contributed by atoms with Crippen LogP contribution in [0, 0.1) is 0 Å². The number of aliphatic carboxylic acids is 1. The van der Waals surface area contributed by atoms with Gasteiger partial charge in [-0.05, 0) is 0 Å². The molecule has 0 saturated carbocycles. The molecule has 0 bridgehead atoms. The highest BCUT2D eigenvalue weighted by atomic mass is 31.1. The third kappa shape index (κ3) is 5.20. The minimum absolute atomic E-state index is 1.77. The van der Waals surface area contributed by atoms with Crippen LogP contribution in [-0.4, -0.2) is 27.2 Å². The minimum atomic E-state index is -3.20. The normalized spacial score (nSPS) is 15.2. The molecule has 10 heteroatoms. The summed E-state index contributed by atoms with van der Waals surface area (Å²) in [6.45, 7) is 0. The molecule has 0 amide bonds. The lowest BCUT2D eigenvalue weighted by Gasteiger charge is -1.93. The number of rotatable bonds is 5. The Hall–Kier alpha value is -0.490. The standard InChI is InChI=1S/C2H2O8P2/c3-1(4)2(9-11(5)6)10-12(7)8/h2H,(H-2,3,4,5,6,7,8)/p+2. The van der Waals surface area contributed by atoms with Gasteiger partial charge in [0.1, 0.15) is 0 Å². The van der Waals surface area contributed by atoms with Gasteiger partial charge in [0, 0.05) is 9.13 Å². The lowest BCUT2D eigenvalue weighted by molar-refractivity contribution is -0.158. The molecule has 8 nitrogen and oxygen atoms in total. The number of carboxylic acid groups (broad SMARTS) is 1. The monoisotopic (exact) mass is 218 g/mol. The fraction of sp³-hybridized carbons (Fsp3) is 0.500. The van der Waals surface area contributed by atoms with E-state index in [1.807, 2.05) is 0 Å². The van der Waals surface area contributed by atoms with Crippen molar-refractivity contribution in [1.29, 1.82) is 0 Å². The summed E-state index contributed by atoms with van der Waals surface area (Å²) in [7, 11) is -6.40. The Bertz CT molecular complexity index is 195. The summed E-state index contributed by atoms with van der Waals surface area (Å²) in [5.74, 6) is -1.77. The van der Waals surface area contributed by atoms with Crippen molar-refractivity contribution in [3.05, 3.63) is 0 Å². The summed E-state index contributed by atoms with van der Waals surface area (Å²) < 4.78 is 27.2. The molecule has 0 aromatic rings. The molecule has 0 heterocycles. The number of carboxylic acids is 1. The van der Waals surface area contributed by atoms with E-state index in [0.29, 0.717) is 0 Å². The van der Waals surface area contributed by atoms with E-state index in [1.54, 1.807) is 0 Å². The average molecular weight is 218 g/mol. The van der Waals surface area contributed by atoms with Crippen LogP contribution in [0.5, 0.6) is 0 Å². The quantitative estimate of drug-likeness (QED) is 0.424. The summed E-state index contributed by atoms with van der Waals surface area (Å²) >= 11 is 0. The van der Waals surface area contributed by atoms with E-state index in [4.69, 9.17) is 14.9 Å². The van der Waals surface area contributed by atoms with E-state index in [-0.39, 0.29) is 0 Å². The zero-order chi connectivity index (χ0) is 9.72. The van der Waals surface area contributed by atoms with Crippen LogP contribution >= 0.6 is 16.5 Å². The van der Waals surface area contributed by atoms with E-state index in [2.05, 4.69) is 9.05 Å². The Morgan fingerprint density at radius 3 is 1.67 bits per heavy atom. The fourth-order valence-corrected chi connectivity index (χ4v) is 0.935. The molecular weight excluding hydrogens is 214 g/mol. The molecule has 0 spiro atoms. The summed E-state index contributed by atoms with van der Waals surface area (Å²) in [6, 6.07) is 0. The maximum atomic E-state index is 10.0. The van der Waals surface area contributed by atoms with Crippen LogP contribution in [0.4, 0.5) is 0 Å². The van der Waals surface area contributed by atoms with Gasteiger partial charge in [-0.25, -0.2) is 4.79 Å². The van der Waals surface area contributed by atoms with Gasteiger partial charge in [0.2, 0.25) is 0 Å². The van der Waals surface area contributed by atoms with Crippen LogP contribution < -0.4 is 0 Å². The second-order valence-electron chi connectivity index (χ2n) is 1.36. The van der Waals surface area contributed by atoms with Crippen LogP contribution in [0.2, 0.25) is 0 Å². The molecule has 0 fully saturated rings. The maximum Gasteiger partial charge on any atom is 0.698 e. The van der Waals surface area contributed by atoms with Gasteiger partial charge in [-0.1, -0.05) is 9.05 Å². The van der Waals surface area contributed by atoms with Crippen molar-refractivity contribution in [3.8, 4) is 0 Å². The Balaban J connectivity index is 4.14. The maximum absolute atomic E-state index is 10.0. The van der Waals surface area contributed by atoms with Crippen molar-refractivity contribution in [2.75, 3.05) is 0 Å². The number of hydrogen-bond acceptors (Lipinski definition) is 5. The predicted molar refractivity (Wildman–Crippen MR) is 33.2 cm³/mol. The first-order chi connectivity index (χ1) is 5.43. The van der Waals surface area contributed by atoms with E-state index in [1.165, 1.54) is 0 Å². The third-order valence-electron chi connectivity index (χ3n) is 0.573. The number of hydrogen-bond donors (Lipinski definition) is 3. The van der Waals surface area contributed by atoms with Gasteiger partial charge in [0.05, 0.1) is 0 Å². The second-order valence-corrected chi connectivity index (χ2v) is 2.73. The largest absolute Gasteiger partial charge is 0.698 e. The van der Waals surface area contributed by atoms with Gasteiger partial charge in [-0.3, -0.25) is 0 Å². The van der Waals surface area contributed by atoms with Crippen molar-refractivity contribution >= 4 is 22.5 Å². The van der Waals surface area contributed by atoms with Gasteiger partial charge in [0.25, 0.3) is 0 Å². The van der Waals surface area contributed by atoms with Gasteiger partial charge in [-0.2, -0.15) is 0 Å². The van der Waals surface area contributed by atoms with Gasteiger partial charge < -0.3 is 5.11 Å². The highest BCUT2D eigenvalue weighted by Crippen LogP contribution is 2.25. The van der Waals surface area contributed by atoms with Crippen molar-refractivity contribution in [2.45, 2.75) is 6.29 Å². The Morgan fingerprint density at radius 2 is 1.50 bits per heavy atom. The molecule has 12 heavy (non-hydrogen) atoms. The van der Waals surface area contributed by atoms with Gasteiger partial charge >= 0.3 is 28.8 Å². The first kappa shape index (κ1) is 11.5. The van der Waals surface area contributed by atoms with E-state index < -0.39 is 28.8 Å². The van der Waals surface area contributed by atoms with Crippen molar-refractivity contribution in [3.63, 3.8) is 0 Å². The fourth-order valence-electron chi connectivity index (χ4n) is 0.273. The molecule has 68 valence electrons. The summed E-state index contributed by atoms with van der Waals surface area (Å²) in [5, 5.41) is 8.14. The van der Waals surface area contributed by atoms with Crippen molar-refractivity contribution in [1.82, 2.24) is 0 Å². The molecule has 0 aliphatic rings. The number of carbonyl (C=O) groups is 1. The zero-order valence-electron chi connectivity index (χ0n) is 5.35. The summed E-state index contributed by atoms with van der Waals surface area (Å²) in [6.07, 6.45) is -2.22. The average Bonchev–Trinajstić information content (AvgIpc) is 1.83. The van der Waals surface area contributed by atoms with Crippen molar-refractivity contribution in [2.24, 2.45) is 0 Å². The Morgan fingerprint density at radius 1 is 1.17 bits per heavy atom. The van der Waals surface area contributed by atoms with E-state index >= 15 is 0 Å². The molecule has 0 aliphatic carbocycles. The van der Waals surface area contributed by atoms with E-state index in [9.17, 15) is 13.9 Å². The molecule has 0 radical (unpaired) electrons. The SMILES string of the molecule is O=C(O)C(O[P+](=O)O)O[P+](=O)O. The predicted octanol–water partition coefficient (Wildman–Crippen LogP) is -0.270. The van der Waals surface area contributed by atoms with Crippen molar-refractivity contribution < 1.29 is 37.9 Å². The zero-order valence-corrected chi connectivity index (χ0v) is 7.14. The first-order valence-electron chi connectivity index (χ1n) is 2.32. The molecule has 0 rings (SSSR count). The van der Waals surface area contributed by atoms with Crippen LogP contribution in [0.3, 0.4) is 0 Å². The molecule has 3 N–H and O–H groups in total.